The van der Waals surface area contributed by atoms with Crippen LogP contribution in [0.15, 0.2) is 42.5 Å². The Morgan fingerprint density at radius 2 is 1.85 bits per heavy atom. The van der Waals surface area contributed by atoms with Crippen molar-refractivity contribution in [2.24, 2.45) is 11.8 Å². The number of methoxy groups -OCH3 is 1. The number of amides is 1. The number of fused-ring (bicyclic) bond motifs is 1. The van der Waals surface area contributed by atoms with Gasteiger partial charge in [-0.15, -0.1) is 0 Å². The first kappa shape index (κ1) is 24.5. The number of nitrogens with zero attached hydrogens (tertiary/aromatic N) is 1. The molecule has 2 aromatic carbocycles. The Labute approximate surface area is 195 Å². The number of ether oxygens (including phenoxy) is 1. The Hall–Kier alpha value is -3.15. The summed E-state index contributed by atoms with van der Waals surface area (Å²) in [5.41, 5.74) is 3.94. The maximum Gasteiger partial charge on any atom is 0.326 e. The maximum atomic E-state index is 13.4. The molecule has 0 aliphatic carbocycles. The van der Waals surface area contributed by atoms with E-state index in [0.717, 1.165) is 34.4 Å². The molecule has 176 valence electrons. The van der Waals surface area contributed by atoms with E-state index in [0.29, 0.717) is 12.8 Å². The Bertz CT molecular complexity index is 1020. The number of carboxylic acid groups (broad SMARTS) is 1. The molecule has 33 heavy (non-hydrogen) atoms. The lowest BCUT2D eigenvalue weighted by atomic mass is 9.86. The highest BCUT2D eigenvalue weighted by Crippen LogP contribution is 2.32. The lowest BCUT2D eigenvalue weighted by Gasteiger charge is -2.37. The first-order valence-corrected chi connectivity index (χ1v) is 11.4. The average Bonchev–Trinajstić information content (AvgIpc) is 2.80. The first-order valence-electron chi connectivity index (χ1n) is 11.4. The molecule has 0 fully saturated rings. The first-order chi connectivity index (χ1) is 15.7. The standard InChI is InChI=1S/C27H33NO5/c1-17-12-22-14-24(27(31)32)28(16-23(22)15-25(17)33-4)26(30)18(2)13-21(19(3)29)11-10-20-8-6-5-7-9-20/h5-9,12,15,18,21,24H,10-11,13-14,16H2,1-4H3,(H,31,32)/t18-,21-,24+/m1/s1. The van der Waals surface area contributed by atoms with E-state index >= 15 is 0 Å². The number of carboxylic acids is 1. The summed E-state index contributed by atoms with van der Waals surface area (Å²) in [6.07, 6.45) is 2.10. The van der Waals surface area contributed by atoms with Crippen LogP contribution >= 0.6 is 0 Å². The van der Waals surface area contributed by atoms with Gasteiger partial charge in [0, 0.05) is 24.8 Å². The summed E-state index contributed by atoms with van der Waals surface area (Å²) in [7, 11) is 1.60. The van der Waals surface area contributed by atoms with Gasteiger partial charge in [-0.3, -0.25) is 9.59 Å². The Morgan fingerprint density at radius 1 is 1.15 bits per heavy atom. The number of rotatable bonds is 9. The third-order valence-electron chi connectivity index (χ3n) is 6.67. The number of aryl methyl sites for hydroxylation is 2. The number of carbonyl (C=O) groups is 3. The van der Waals surface area contributed by atoms with Gasteiger partial charge in [0.1, 0.15) is 17.6 Å². The van der Waals surface area contributed by atoms with E-state index in [1.807, 2.05) is 49.4 Å². The highest BCUT2D eigenvalue weighted by Gasteiger charge is 2.37. The molecule has 0 saturated heterocycles. The number of hydrogen-bond donors (Lipinski definition) is 1. The monoisotopic (exact) mass is 451 g/mol. The predicted octanol–water partition coefficient (Wildman–Crippen LogP) is 4.21. The van der Waals surface area contributed by atoms with E-state index in [9.17, 15) is 19.5 Å². The lowest BCUT2D eigenvalue weighted by Crippen LogP contribution is -2.50. The summed E-state index contributed by atoms with van der Waals surface area (Å²) in [5.74, 6) is -1.15. The summed E-state index contributed by atoms with van der Waals surface area (Å²) in [6.45, 7) is 5.51. The number of benzene rings is 2. The zero-order valence-electron chi connectivity index (χ0n) is 19.8. The SMILES string of the molecule is COc1cc2c(cc1C)C[C@@H](C(=O)O)N(C(=O)[C@H](C)C[C@@H](CCc1ccccc1)C(C)=O)C2. The molecule has 1 N–H and O–H groups in total. The molecule has 6 nitrogen and oxygen atoms in total. The zero-order chi connectivity index (χ0) is 24.1. The van der Waals surface area contributed by atoms with E-state index in [1.54, 1.807) is 21.0 Å². The predicted molar refractivity (Wildman–Crippen MR) is 126 cm³/mol. The second-order valence-electron chi connectivity index (χ2n) is 9.08. The Morgan fingerprint density at radius 3 is 2.45 bits per heavy atom. The topological polar surface area (TPSA) is 83.9 Å². The Kier molecular flexibility index (Phi) is 7.90. The molecule has 0 unspecified atom stereocenters. The van der Waals surface area contributed by atoms with Gasteiger partial charge >= 0.3 is 5.97 Å². The molecule has 3 atom stereocenters. The molecule has 1 amide bonds. The van der Waals surface area contributed by atoms with Gasteiger partial charge in [-0.05, 0) is 61.4 Å². The second-order valence-corrected chi connectivity index (χ2v) is 9.08. The highest BCUT2D eigenvalue weighted by molar-refractivity contribution is 5.86. The van der Waals surface area contributed by atoms with E-state index in [4.69, 9.17) is 4.74 Å². The largest absolute Gasteiger partial charge is 0.496 e. The van der Waals surface area contributed by atoms with Crippen molar-refractivity contribution in [3.05, 3.63) is 64.7 Å². The third kappa shape index (κ3) is 5.81. The van der Waals surface area contributed by atoms with Crippen LogP contribution in [0.4, 0.5) is 0 Å². The second kappa shape index (κ2) is 10.6. The molecular weight excluding hydrogens is 418 g/mol. The van der Waals surface area contributed by atoms with Crippen molar-refractivity contribution >= 4 is 17.7 Å². The van der Waals surface area contributed by atoms with Crippen LogP contribution in [0, 0.1) is 18.8 Å². The quantitative estimate of drug-likeness (QED) is 0.618. The van der Waals surface area contributed by atoms with Crippen molar-refractivity contribution in [3.8, 4) is 5.75 Å². The minimum Gasteiger partial charge on any atom is -0.496 e. The minimum atomic E-state index is -1.01. The zero-order valence-corrected chi connectivity index (χ0v) is 19.8. The number of carbonyl (C=O) groups excluding carboxylic acids is 2. The van der Waals surface area contributed by atoms with Crippen LogP contribution in [0.5, 0.6) is 5.75 Å². The van der Waals surface area contributed by atoms with Gasteiger partial charge in [0.25, 0.3) is 0 Å². The van der Waals surface area contributed by atoms with Crippen molar-refractivity contribution in [3.63, 3.8) is 0 Å². The molecule has 0 aromatic heterocycles. The summed E-state index contributed by atoms with van der Waals surface area (Å²) in [6, 6.07) is 12.9. The van der Waals surface area contributed by atoms with Crippen molar-refractivity contribution in [1.29, 1.82) is 0 Å². The van der Waals surface area contributed by atoms with Gasteiger partial charge in [-0.1, -0.05) is 43.3 Å². The molecule has 0 saturated carbocycles. The molecule has 0 radical (unpaired) electrons. The van der Waals surface area contributed by atoms with Crippen LogP contribution in [0.3, 0.4) is 0 Å². The molecule has 6 heteroatoms. The fourth-order valence-electron chi connectivity index (χ4n) is 4.69. The maximum absolute atomic E-state index is 13.4. The van der Waals surface area contributed by atoms with Crippen LogP contribution in [0.25, 0.3) is 0 Å². The Balaban J connectivity index is 1.75. The fourth-order valence-corrected chi connectivity index (χ4v) is 4.69. The van der Waals surface area contributed by atoms with Crippen LogP contribution in [0.2, 0.25) is 0 Å². The fraction of sp³-hybridized carbons (Fsp3) is 0.444. The van der Waals surface area contributed by atoms with Crippen molar-refractivity contribution in [2.45, 2.75) is 59.0 Å². The van der Waals surface area contributed by atoms with Crippen LogP contribution in [0.1, 0.15) is 48.9 Å². The summed E-state index contributed by atoms with van der Waals surface area (Å²) in [5, 5.41) is 9.84. The lowest BCUT2D eigenvalue weighted by molar-refractivity contribution is -0.153. The molecular formula is C27H33NO5. The highest BCUT2D eigenvalue weighted by atomic mass is 16.5. The smallest absolute Gasteiger partial charge is 0.326 e. The molecule has 1 aliphatic rings. The van der Waals surface area contributed by atoms with Crippen molar-refractivity contribution in [2.75, 3.05) is 7.11 Å². The molecule has 0 spiro atoms. The van der Waals surface area contributed by atoms with Gasteiger partial charge in [0.05, 0.1) is 7.11 Å². The number of aliphatic carboxylic acids is 1. The van der Waals surface area contributed by atoms with Crippen LogP contribution < -0.4 is 4.74 Å². The van der Waals surface area contributed by atoms with Crippen LogP contribution in [-0.2, 0) is 33.8 Å². The number of ketones is 1. The molecule has 3 rings (SSSR count). The number of hydrogen-bond acceptors (Lipinski definition) is 4. The normalized spacial score (nSPS) is 17.1. The third-order valence-corrected chi connectivity index (χ3v) is 6.67. The summed E-state index contributed by atoms with van der Waals surface area (Å²) >= 11 is 0. The van der Waals surface area contributed by atoms with Crippen LogP contribution in [-0.4, -0.2) is 40.8 Å². The van der Waals surface area contributed by atoms with Crippen molar-refractivity contribution < 1.29 is 24.2 Å². The summed E-state index contributed by atoms with van der Waals surface area (Å²) < 4.78 is 5.41. The van der Waals surface area contributed by atoms with Gasteiger partial charge in [0.15, 0.2) is 0 Å². The van der Waals surface area contributed by atoms with Gasteiger partial charge in [-0.25, -0.2) is 4.79 Å². The molecule has 0 bridgehead atoms. The molecule has 1 aliphatic heterocycles. The van der Waals surface area contributed by atoms with E-state index in [1.165, 1.54) is 4.90 Å². The van der Waals surface area contributed by atoms with E-state index in [-0.39, 0.29) is 30.6 Å². The summed E-state index contributed by atoms with van der Waals surface area (Å²) in [4.78, 5) is 39.2. The number of Topliss-reactive ketones (excluding diaryl/α,β-unsaturated/α-hetero) is 1. The van der Waals surface area contributed by atoms with Gasteiger partial charge < -0.3 is 14.7 Å². The molecule has 1 heterocycles. The van der Waals surface area contributed by atoms with Crippen molar-refractivity contribution in [1.82, 2.24) is 4.90 Å². The van der Waals surface area contributed by atoms with Gasteiger partial charge in [-0.2, -0.15) is 0 Å². The molecule has 2 aromatic rings. The van der Waals surface area contributed by atoms with Gasteiger partial charge in [0.2, 0.25) is 5.91 Å². The van der Waals surface area contributed by atoms with E-state index < -0.39 is 17.9 Å². The minimum absolute atomic E-state index is 0.0598. The van der Waals surface area contributed by atoms with E-state index in [2.05, 4.69) is 0 Å². The average molecular weight is 452 g/mol.